The van der Waals surface area contributed by atoms with Gasteiger partial charge in [0.2, 0.25) is 0 Å². The second-order valence-electron chi connectivity index (χ2n) is 3.47. The molecule has 0 saturated heterocycles. The van der Waals surface area contributed by atoms with E-state index in [-0.39, 0.29) is 0 Å². The number of hydrogen-bond acceptors (Lipinski definition) is 3. The summed E-state index contributed by atoms with van der Waals surface area (Å²) in [6.45, 7) is 5.18. The minimum absolute atomic E-state index is 0.315. The van der Waals surface area contributed by atoms with Gasteiger partial charge in [-0.3, -0.25) is 14.4 Å². The van der Waals surface area contributed by atoms with Crippen LogP contribution in [-0.2, 0) is 0 Å². The Kier molecular flexibility index (Phi) is 3.14. The van der Waals surface area contributed by atoms with Crippen LogP contribution in [0, 0.1) is 20.8 Å². The first-order chi connectivity index (χ1) is 7.08. The fourth-order valence-corrected chi connectivity index (χ4v) is 1.71. The Labute approximate surface area is 88.1 Å². The van der Waals surface area contributed by atoms with Gasteiger partial charge >= 0.3 is 0 Å². The Morgan fingerprint density at radius 3 is 1.33 bits per heavy atom. The van der Waals surface area contributed by atoms with Gasteiger partial charge in [-0.05, 0) is 37.5 Å². The molecule has 15 heavy (non-hydrogen) atoms. The molecule has 1 rings (SSSR count). The van der Waals surface area contributed by atoms with Crippen LogP contribution in [0.5, 0.6) is 0 Å². The predicted octanol–water partition coefficient (Wildman–Crippen LogP) is 2.05. The Morgan fingerprint density at radius 1 is 0.600 bits per heavy atom. The first kappa shape index (κ1) is 11.3. The first-order valence-electron chi connectivity index (χ1n) is 4.57. The standard InChI is InChI=1S/C12H12O3/c1-7-8(2)11(5-14)12(6-15)9(3)10(7)4-13/h4-6H,1-3H3. The third kappa shape index (κ3) is 1.61. The van der Waals surface area contributed by atoms with Gasteiger partial charge < -0.3 is 0 Å². The summed E-state index contributed by atoms with van der Waals surface area (Å²) in [5.74, 6) is 0. The van der Waals surface area contributed by atoms with Gasteiger partial charge in [0.25, 0.3) is 0 Å². The SMILES string of the molecule is Cc1c(C)c(C=O)c(C=O)c(C)c1C=O. The molecule has 0 aromatic heterocycles. The van der Waals surface area contributed by atoms with E-state index < -0.39 is 0 Å². The summed E-state index contributed by atoms with van der Waals surface area (Å²) in [4.78, 5) is 32.6. The van der Waals surface area contributed by atoms with Crippen LogP contribution < -0.4 is 0 Å². The molecule has 0 unspecified atom stereocenters. The van der Waals surface area contributed by atoms with Gasteiger partial charge in [-0.2, -0.15) is 0 Å². The molecule has 0 bridgehead atoms. The van der Waals surface area contributed by atoms with Crippen molar-refractivity contribution >= 4 is 18.9 Å². The van der Waals surface area contributed by atoms with E-state index in [2.05, 4.69) is 0 Å². The van der Waals surface area contributed by atoms with E-state index in [0.29, 0.717) is 40.4 Å². The van der Waals surface area contributed by atoms with E-state index >= 15 is 0 Å². The van der Waals surface area contributed by atoms with E-state index in [4.69, 9.17) is 0 Å². The molecule has 0 aliphatic heterocycles. The Morgan fingerprint density at radius 2 is 0.933 bits per heavy atom. The van der Waals surface area contributed by atoms with Crippen molar-refractivity contribution in [2.45, 2.75) is 20.8 Å². The summed E-state index contributed by atoms with van der Waals surface area (Å²) in [6, 6.07) is 0. The summed E-state index contributed by atoms with van der Waals surface area (Å²) in [5.41, 5.74) is 3.22. The van der Waals surface area contributed by atoms with Crippen molar-refractivity contribution in [1.82, 2.24) is 0 Å². The number of hydrogen-bond donors (Lipinski definition) is 0. The van der Waals surface area contributed by atoms with E-state index in [1.54, 1.807) is 20.8 Å². The predicted molar refractivity (Wildman–Crippen MR) is 56.8 cm³/mol. The minimum atomic E-state index is 0.315. The normalized spacial score (nSPS) is 9.80. The van der Waals surface area contributed by atoms with Crippen LogP contribution in [0.4, 0.5) is 0 Å². The van der Waals surface area contributed by atoms with Crippen LogP contribution in [0.25, 0.3) is 0 Å². The molecule has 1 aromatic carbocycles. The van der Waals surface area contributed by atoms with Crippen LogP contribution in [0.1, 0.15) is 47.8 Å². The van der Waals surface area contributed by atoms with Crippen molar-refractivity contribution in [3.8, 4) is 0 Å². The lowest BCUT2D eigenvalue weighted by molar-refractivity contribution is 0.109. The maximum Gasteiger partial charge on any atom is 0.151 e. The van der Waals surface area contributed by atoms with Gasteiger partial charge in [0.05, 0.1) is 0 Å². The van der Waals surface area contributed by atoms with Gasteiger partial charge in [-0.15, -0.1) is 0 Å². The highest BCUT2D eigenvalue weighted by Gasteiger charge is 2.15. The van der Waals surface area contributed by atoms with Gasteiger partial charge in [-0.1, -0.05) is 0 Å². The summed E-state index contributed by atoms with van der Waals surface area (Å²) < 4.78 is 0. The molecule has 78 valence electrons. The highest BCUT2D eigenvalue weighted by Crippen LogP contribution is 2.23. The molecule has 3 nitrogen and oxygen atoms in total. The third-order valence-electron chi connectivity index (χ3n) is 2.82. The quantitative estimate of drug-likeness (QED) is 0.708. The highest BCUT2D eigenvalue weighted by molar-refractivity contribution is 5.97. The zero-order valence-electron chi connectivity index (χ0n) is 8.96. The lowest BCUT2D eigenvalue weighted by atomic mass is 9.90. The van der Waals surface area contributed by atoms with Gasteiger partial charge in [-0.25, -0.2) is 0 Å². The van der Waals surface area contributed by atoms with Gasteiger partial charge in [0.1, 0.15) is 0 Å². The molecule has 0 atom stereocenters. The topological polar surface area (TPSA) is 51.2 Å². The van der Waals surface area contributed by atoms with Crippen molar-refractivity contribution in [3.05, 3.63) is 33.4 Å². The average molecular weight is 204 g/mol. The third-order valence-corrected chi connectivity index (χ3v) is 2.82. The Hall–Kier alpha value is -1.77. The average Bonchev–Trinajstić information content (AvgIpc) is 2.23. The maximum absolute atomic E-state index is 10.9. The lowest BCUT2D eigenvalue weighted by Crippen LogP contribution is -2.06. The number of rotatable bonds is 3. The molecular formula is C12H12O3. The lowest BCUT2D eigenvalue weighted by Gasteiger charge is -2.12. The zero-order chi connectivity index (χ0) is 11.6. The largest absolute Gasteiger partial charge is 0.298 e. The van der Waals surface area contributed by atoms with Crippen LogP contribution in [0.2, 0.25) is 0 Å². The molecule has 0 fully saturated rings. The molecule has 0 spiro atoms. The molecule has 0 N–H and O–H groups in total. The smallest absolute Gasteiger partial charge is 0.151 e. The maximum atomic E-state index is 10.9. The van der Waals surface area contributed by atoms with E-state index in [1.165, 1.54) is 0 Å². The van der Waals surface area contributed by atoms with Crippen molar-refractivity contribution in [3.63, 3.8) is 0 Å². The minimum Gasteiger partial charge on any atom is -0.298 e. The summed E-state index contributed by atoms with van der Waals surface area (Å²) in [7, 11) is 0. The summed E-state index contributed by atoms with van der Waals surface area (Å²) in [5, 5.41) is 0. The molecule has 0 saturated carbocycles. The highest BCUT2D eigenvalue weighted by atomic mass is 16.1. The molecule has 0 amide bonds. The molecule has 0 aliphatic carbocycles. The summed E-state index contributed by atoms with van der Waals surface area (Å²) in [6.07, 6.45) is 2.01. The monoisotopic (exact) mass is 204 g/mol. The first-order valence-corrected chi connectivity index (χ1v) is 4.57. The number of aldehydes is 3. The number of carbonyl (C=O) groups excluding carboxylic acids is 3. The zero-order valence-corrected chi connectivity index (χ0v) is 8.96. The molecule has 0 heterocycles. The van der Waals surface area contributed by atoms with Crippen LogP contribution in [0.3, 0.4) is 0 Å². The Balaban J connectivity index is 3.80. The molecule has 1 aromatic rings. The van der Waals surface area contributed by atoms with Crippen molar-refractivity contribution < 1.29 is 14.4 Å². The van der Waals surface area contributed by atoms with Crippen molar-refractivity contribution in [1.29, 1.82) is 0 Å². The van der Waals surface area contributed by atoms with E-state index in [0.717, 1.165) is 11.8 Å². The van der Waals surface area contributed by atoms with Crippen molar-refractivity contribution in [2.24, 2.45) is 0 Å². The van der Waals surface area contributed by atoms with Crippen LogP contribution in [-0.4, -0.2) is 18.9 Å². The number of benzene rings is 1. The van der Waals surface area contributed by atoms with Crippen LogP contribution >= 0.6 is 0 Å². The van der Waals surface area contributed by atoms with Crippen LogP contribution in [0.15, 0.2) is 0 Å². The molecule has 0 radical (unpaired) electrons. The number of carbonyl (C=O) groups is 3. The second kappa shape index (κ2) is 4.17. The fraction of sp³-hybridized carbons (Fsp3) is 0.250. The molecule has 0 aliphatic rings. The summed E-state index contributed by atoms with van der Waals surface area (Å²) >= 11 is 0. The van der Waals surface area contributed by atoms with E-state index in [9.17, 15) is 14.4 Å². The fourth-order valence-electron chi connectivity index (χ4n) is 1.71. The van der Waals surface area contributed by atoms with Crippen molar-refractivity contribution in [2.75, 3.05) is 0 Å². The van der Waals surface area contributed by atoms with Gasteiger partial charge in [0.15, 0.2) is 18.9 Å². The van der Waals surface area contributed by atoms with Gasteiger partial charge in [0, 0.05) is 16.7 Å². The molecular weight excluding hydrogens is 192 g/mol. The van der Waals surface area contributed by atoms with E-state index in [1.807, 2.05) is 0 Å². The molecule has 3 heteroatoms. The second-order valence-corrected chi connectivity index (χ2v) is 3.47. The Bertz CT molecular complexity index is 445.